The topological polar surface area (TPSA) is 84.7 Å². The van der Waals surface area contributed by atoms with Gasteiger partial charge < -0.3 is 15.0 Å². The van der Waals surface area contributed by atoms with Gasteiger partial charge in [0.05, 0.1) is 11.0 Å². The molecule has 130 valence electrons. The number of methoxy groups -OCH3 is 1. The highest BCUT2D eigenvalue weighted by atomic mass is 16.6. The van der Waals surface area contributed by atoms with Crippen molar-refractivity contribution >= 4 is 17.3 Å². The summed E-state index contributed by atoms with van der Waals surface area (Å²) in [6, 6.07) is 4.96. The number of nitrogens with one attached hydrogen (secondary N) is 1. The molecule has 2 aliphatic rings. The molecular formula is C17H23N3O4. The molecule has 1 saturated heterocycles. The van der Waals surface area contributed by atoms with E-state index in [0.29, 0.717) is 23.7 Å². The van der Waals surface area contributed by atoms with E-state index in [1.807, 2.05) is 4.90 Å². The number of carbonyl (C=O) groups is 1. The SMILES string of the molecule is COC1CN(c2ccc(C(=O)NC3CC3)cc2[N+](=O)[O-])CCC1C. The number of nitrogens with zero attached hydrogens (tertiary/aromatic N) is 2. The molecule has 0 spiro atoms. The summed E-state index contributed by atoms with van der Waals surface area (Å²) < 4.78 is 5.49. The number of benzene rings is 1. The smallest absolute Gasteiger partial charge is 0.293 e. The molecule has 2 fully saturated rings. The minimum atomic E-state index is -0.414. The van der Waals surface area contributed by atoms with Crippen LogP contribution in [0.5, 0.6) is 0 Å². The summed E-state index contributed by atoms with van der Waals surface area (Å²) in [6.45, 7) is 3.49. The molecule has 1 saturated carbocycles. The lowest BCUT2D eigenvalue weighted by Crippen LogP contribution is -2.44. The van der Waals surface area contributed by atoms with Crippen LogP contribution in [-0.4, -0.2) is 43.2 Å². The number of hydrogen-bond donors (Lipinski definition) is 1. The summed E-state index contributed by atoms with van der Waals surface area (Å²) in [5.41, 5.74) is 0.866. The summed E-state index contributed by atoms with van der Waals surface area (Å²) in [5.74, 6) is 0.183. The van der Waals surface area contributed by atoms with Gasteiger partial charge in [-0.3, -0.25) is 14.9 Å². The van der Waals surface area contributed by atoms with Crippen molar-refractivity contribution in [2.24, 2.45) is 5.92 Å². The predicted octanol–water partition coefficient (Wildman–Crippen LogP) is 2.35. The Morgan fingerprint density at radius 2 is 2.12 bits per heavy atom. The van der Waals surface area contributed by atoms with Gasteiger partial charge in [-0.15, -0.1) is 0 Å². The molecule has 1 aromatic carbocycles. The van der Waals surface area contributed by atoms with Crippen LogP contribution in [0, 0.1) is 16.0 Å². The first-order chi connectivity index (χ1) is 11.5. The second kappa shape index (κ2) is 6.76. The summed E-state index contributed by atoms with van der Waals surface area (Å²) in [4.78, 5) is 25.2. The molecule has 24 heavy (non-hydrogen) atoms. The molecule has 1 amide bonds. The lowest BCUT2D eigenvalue weighted by molar-refractivity contribution is -0.384. The molecule has 0 aromatic heterocycles. The van der Waals surface area contributed by atoms with E-state index in [4.69, 9.17) is 4.74 Å². The Morgan fingerprint density at radius 3 is 2.75 bits per heavy atom. The average molecular weight is 333 g/mol. The number of nitro benzene ring substituents is 1. The van der Waals surface area contributed by atoms with Crippen LogP contribution in [0.15, 0.2) is 18.2 Å². The van der Waals surface area contributed by atoms with Gasteiger partial charge in [-0.1, -0.05) is 6.92 Å². The number of anilines is 1. The molecule has 3 rings (SSSR count). The fourth-order valence-corrected chi connectivity index (χ4v) is 3.13. The van der Waals surface area contributed by atoms with Gasteiger partial charge >= 0.3 is 0 Å². The van der Waals surface area contributed by atoms with Crippen molar-refractivity contribution in [3.8, 4) is 0 Å². The van der Waals surface area contributed by atoms with Gasteiger partial charge in [0.25, 0.3) is 11.6 Å². The summed E-state index contributed by atoms with van der Waals surface area (Å²) in [7, 11) is 1.67. The van der Waals surface area contributed by atoms with Crippen molar-refractivity contribution in [3.63, 3.8) is 0 Å². The number of carbonyl (C=O) groups excluding carboxylic acids is 1. The summed E-state index contributed by atoms with van der Waals surface area (Å²) in [6.07, 6.45) is 2.93. The third kappa shape index (κ3) is 3.51. The highest BCUT2D eigenvalue weighted by molar-refractivity contribution is 5.96. The second-order valence-corrected chi connectivity index (χ2v) is 6.69. The molecule has 7 heteroatoms. The Labute approximate surface area is 141 Å². The highest BCUT2D eigenvalue weighted by Crippen LogP contribution is 2.33. The maximum atomic E-state index is 12.1. The van der Waals surface area contributed by atoms with Gasteiger partial charge in [-0.05, 0) is 37.3 Å². The Morgan fingerprint density at radius 1 is 1.38 bits per heavy atom. The summed E-state index contributed by atoms with van der Waals surface area (Å²) in [5, 5.41) is 14.4. The molecular weight excluding hydrogens is 310 g/mol. The fraction of sp³-hybridized carbons (Fsp3) is 0.588. The lowest BCUT2D eigenvalue weighted by Gasteiger charge is -2.37. The third-order valence-electron chi connectivity index (χ3n) is 4.88. The standard InChI is InChI=1S/C17H23N3O4/c1-11-7-8-19(10-16(11)24-2)14-6-3-12(9-15(14)20(22)23)17(21)18-13-4-5-13/h3,6,9,11,13,16H,4-5,7-8,10H2,1-2H3,(H,18,21). The van der Waals surface area contributed by atoms with Crippen molar-refractivity contribution in [1.82, 2.24) is 5.32 Å². The van der Waals surface area contributed by atoms with Crippen molar-refractivity contribution in [3.05, 3.63) is 33.9 Å². The number of hydrogen-bond acceptors (Lipinski definition) is 5. The Balaban J connectivity index is 1.84. The molecule has 0 radical (unpaired) electrons. The highest BCUT2D eigenvalue weighted by Gasteiger charge is 2.31. The third-order valence-corrected chi connectivity index (χ3v) is 4.88. The van der Waals surface area contributed by atoms with E-state index in [1.54, 1.807) is 19.2 Å². The quantitative estimate of drug-likeness (QED) is 0.660. The van der Waals surface area contributed by atoms with Gasteiger partial charge in [-0.2, -0.15) is 0 Å². The zero-order valence-electron chi connectivity index (χ0n) is 14.0. The zero-order valence-corrected chi connectivity index (χ0v) is 14.0. The molecule has 1 aromatic rings. The minimum absolute atomic E-state index is 0.0251. The maximum absolute atomic E-state index is 12.1. The maximum Gasteiger partial charge on any atom is 0.293 e. The van der Waals surface area contributed by atoms with Crippen LogP contribution >= 0.6 is 0 Å². The number of rotatable bonds is 5. The molecule has 1 aliphatic heterocycles. The molecule has 2 atom stereocenters. The van der Waals surface area contributed by atoms with Crippen LogP contribution in [0.2, 0.25) is 0 Å². The van der Waals surface area contributed by atoms with E-state index in [0.717, 1.165) is 25.8 Å². The second-order valence-electron chi connectivity index (χ2n) is 6.69. The molecule has 1 aliphatic carbocycles. The monoisotopic (exact) mass is 333 g/mol. The first-order valence-corrected chi connectivity index (χ1v) is 8.36. The zero-order chi connectivity index (χ0) is 17.3. The van der Waals surface area contributed by atoms with E-state index < -0.39 is 4.92 Å². The fourth-order valence-electron chi connectivity index (χ4n) is 3.13. The van der Waals surface area contributed by atoms with Gasteiger partial charge in [-0.25, -0.2) is 0 Å². The van der Waals surface area contributed by atoms with E-state index in [9.17, 15) is 14.9 Å². The van der Waals surface area contributed by atoms with Crippen molar-refractivity contribution in [2.45, 2.75) is 38.3 Å². The van der Waals surface area contributed by atoms with E-state index in [-0.39, 0.29) is 23.7 Å². The van der Waals surface area contributed by atoms with Gasteiger partial charge in [0, 0.05) is 37.9 Å². The van der Waals surface area contributed by atoms with Crippen LogP contribution < -0.4 is 10.2 Å². The Hall–Kier alpha value is -2.15. The first kappa shape index (κ1) is 16.7. The van der Waals surface area contributed by atoms with E-state index in [2.05, 4.69) is 12.2 Å². The lowest BCUT2D eigenvalue weighted by atomic mass is 9.95. The number of nitro groups is 1. The van der Waals surface area contributed by atoms with Crippen LogP contribution in [0.25, 0.3) is 0 Å². The van der Waals surface area contributed by atoms with Gasteiger partial charge in [0.15, 0.2) is 0 Å². The van der Waals surface area contributed by atoms with E-state index in [1.165, 1.54) is 6.07 Å². The number of amides is 1. The van der Waals surface area contributed by atoms with Crippen LogP contribution in [0.1, 0.15) is 36.5 Å². The van der Waals surface area contributed by atoms with Crippen LogP contribution in [0.3, 0.4) is 0 Å². The number of ether oxygens (including phenoxy) is 1. The largest absolute Gasteiger partial charge is 0.379 e. The summed E-state index contributed by atoms with van der Waals surface area (Å²) >= 11 is 0. The number of piperidine rings is 1. The van der Waals surface area contributed by atoms with Gasteiger partial charge in [0.2, 0.25) is 0 Å². The average Bonchev–Trinajstić information content (AvgIpc) is 3.38. The molecule has 1 N–H and O–H groups in total. The molecule has 1 heterocycles. The van der Waals surface area contributed by atoms with Crippen LogP contribution in [0.4, 0.5) is 11.4 Å². The Bertz CT molecular complexity index is 645. The first-order valence-electron chi connectivity index (χ1n) is 8.36. The van der Waals surface area contributed by atoms with Crippen molar-refractivity contribution < 1.29 is 14.5 Å². The predicted molar refractivity (Wildman–Crippen MR) is 90.4 cm³/mol. The van der Waals surface area contributed by atoms with E-state index >= 15 is 0 Å². The Kier molecular flexibility index (Phi) is 4.71. The molecule has 2 unspecified atom stereocenters. The minimum Gasteiger partial charge on any atom is -0.379 e. The normalized spacial score (nSPS) is 23.8. The van der Waals surface area contributed by atoms with Crippen molar-refractivity contribution in [1.29, 1.82) is 0 Å². The molecule has 7 nitrogen and oxygen atoms in total. The van der Waals surface area contributed by atoms with Gasteiger partial charge in [0.1, 0.15) is 5.69 Å². The molecule has 0 bridgehead atoms. The van der Waals surface area contributed by atoms with Crippen molar-refractivity contribution in [2.75, 3.05) is 25.1 Å². The van der Waals surface area contributed by atoms with Crippen LogP contribution in [-0.2, 0) is 4.74 Å².